The van der Waals surface area contributed by atoms with E-state index in [9.17, 15) is 9.59 Å². The number of amides is 1. The lowest BCUT2D eigenvalue weighted by atomic mass is 9.62. The first-order valence-electron chi connectivity index (χ1n) is 13.3. The predicted octanol–water partition coefficient (Wildman–Crippen LogP) is 7.16. The van der Waals surface area contributed by atoms with Gasteiger partial charge in [0.25, 0.3) is 5.56 Å². The summed E-state index contributed by atoms with van der Waals surface area (Å²) < 4.78 is 1.84. The first kappa shape index (κ1) is 26.1. The lowest BCUT2D eigenvalue weighted by Gasteiger charge is -2.42. The molecule has 1 heterocycles. The van der Waals surface area contributed by atoms with E-state index in [1.54, 1.807) is 0 Å². The third-order valence-corrected chi connectivity index (χ3v) is 9.27. The average Bonchev–Trinajstić information content (AvgIpc) is 2.90. The number of thioether (sulfide) groups is 1. The van der Waals surface area contributed by atoms with Crippen LogP contribution in [0.1, 0.15) is 68.6 Å². The van der Waals surface area contributed by atoms with Crippen LogP contribution in [0.4, 0.5) is 5.69 Å². The summed E-state index contributed by atoms with van der Waals surface area (Å²) in [4.78, 5) is 32.3. The lowest BCUT2D eigenvalue weighted by Crippen LogP contribution is -2.43. The van der Waals surface area contributed by atoms with Crippen LogP contribution in [0.3, 0.4) is 0 Å². The molecule has 0 atom stereocenters. The van der Waals surface area contributed by atoms with E-state index >= 15 is 0 Å². The number of hydrogen-bond donors (Lipinski definition) is 1. The number of carbonyl (C=O) groups excluding carboxylic acids is 1. The molecule has 7 heteroatoms. The Balaban J connectivity index is 1.53. The van der Waals surface area contributed by atoms with Crippen LogP contribution < -0.4 is 10.9 Å². The largest absolute Gasteiger partial charge is 0.325 e. The fraction of sp³-hybridized carbons (Fsp3) is 0.433. The zero-order valence-electron chi connectivity index (χ0n) is 21.6. The van der Waals surface area contributed by atoms with Crippen molar-refractivity contribution in [2.75, 3.05) is 11.1 Å². The number of aromatic nitrogens is 2. The van der Waals surface area contributed by atoms with Gasteiger partial charge in [-0.05, 0) is 55.9 Å². The van der Waals surface area contributed by atoms with E-state index < -0.39 is 0 Å². The second kappa shape index (κ2) is 11.0. The first-order valence-corrected chi connectivity index (χ1v) is 14.7. The number of benzene rings is 2. The maximum atomic E-state index is 14.2. The van der Waals surface area contributed by atoms with E-state index in [1.165, 1.54) is 23.7 Å². The molecule has 0 bridgehead atoms. The summed E-state index contributed by atoms with van der Waals surface area (Å²) in [5.41, 5.74) is 5.57. The molecule has 2 aliphatic rings. The molecular weight excluding hydrogens is 502 g/mol. The van der Waals surface area contributed by atoms with Gasteiger partial charge in [-0.25, -0.2) is 4.98 Å². The van der Waals surface area contributed by atoms with Crippen molar-refractivity contribution < 1.29 is 4.79 Å². The molecule has 3 aromatic rings. The molecule has 2 aliphatic carbocycles. The summed E-state index contributed by atoms with van der Waals surface area (Å²) in [5.74, 6) is 0.0179. The Bertz CT molecular complexity index is 1380. The molecule has 1 amide bonds. The van der Waals surface area contributed by atoms with Crippen LogP contribution in [0.25, 0.3) is 11.3 Å². The summed E-state index contributed by atoms with van der Waals surface area (Å²) >= 11 is 7.56. The molecule has 194 valence electrons. The average molecular weight is 536 g/mol. The van der Waals surface area contributed by atoms with Crippen molar-refractivity contribution in [3.05, 3.63) is 74.5 Å². The van der Waals surface area contributed by atoms with Gasteiger partial charge in [0.1, 0.15) is 0 Å². The molecule has 1 fully saturated rings. The quantitative estimate of drug-likeness (QED) is 0.257. The Labute approximate surface area is 228 Å². The number of fused-ring (bicyclic) bond motifs is 4. The zero-order valence-corrected chi connectivity index (χ0v) is 23.2. The fourth-order valence-corrected chi connectivity index (χ4v) is 6.90. The van der Waals surface area contributed by atoms with Crippen LogP contribution in [0, 0.1) is 6.92 Å². The predicted molar refractivity (Wildman–Crippen MR) is 153 cm³/mol. The van der Waals surface area contributed by atoms with Crippen molar-refractivity contribution in [1.82, 2.24) is 9.55 Å². The number of rotatable bonds is 7. The molecule has 1 N–H and O–H groups in total. The maximum Gasteiger partial charge on any atom is 0.258 e. The highest BCUT2D eigenvalue weighted by Gasteiger charge is 2.43. The molecule has 1 saturated carbocycles. The van der Waals surface area contributed by atoms with Gasteiger partial charge in [0.15, 0.2) is 5.16 Å². The normalized spacial score (nSPS) is 15.8. The summed E-state index contributed by atoms with van der Waals surface area (Å²) in [6, 6.07) is 13.9. The zero-order chi connectivity index (χ0) is 26.0. The number of halogens is 1. The van der Waals surface area contributed by atoms with Crippen LogP contribution in [0.2, 0.25) is 5.02 Å². The summed E-state index contributed by atoms with van der Waals surface area (Å²) in [6.07, 6.45) is 8.38. The number of hydrogen-bond acceptors (Lipinski definition) is 4. The fourth-order valence-electron chi connectivity index (χ4n) is 5.90. The Morgan fingerprint density at radius 1 is 1.14 bits per heavy atom. The van der Waals surface area contributed by atoms with Crippen molar-refractivity contribution >= 4 is 35.0 Å². The van der Waals surface area contributed by atoms with Gasteiger partial charge in [-0.2, -0.15) is 0 Å². The molecule has 0 unspecified atom stereocenters. The topological polar surface area (TPSA) is 64.0 Å². The molecule has 0 radical (unpaired) electrons. The van der Waals surface area contributed by atoms with E-state index in [1.807, 2.05) is 35.8 Å². The van der Waals surface area contributed by atoms with E-state index in [2.05, 4.69) is 30.4 Å². The molecule has 2 aromatic carbocycles. The van der Waals surface area contributed by atoms with Gasteiger partial charge in [-0.3, -0.25) is 14.2 Å². The number of nitrogens with zero attached hydrogens (tertiary/aromatic N) is 2. The van der Waals surface area contributed by atoms with Gasteiger partial charge in [0.05, 0.1) is 17.0 Å². The minimum absolute atomic E-state index is 0.0865. The summed E-state index contributed by atoms with van der Waals surface area (Å²) in [6.45, 7) is 4.63. The maximum absolute atomic E-state index is 14.2. The van der Waals surface area contributed by atoms with Crippen LogP contribution in [-0.2, 0) is 23.2 Å². The number of unbranched alkanes of at least 4 members (excludes halogenated alkanes) is 1. The van der Waals surface area contributed by atoms with Crippen LogP contribution >= 0.6 is 23.4 Å². The third kappa shape index (κ3) is 5.10. The second-order valence-electron chi connectivity index (χ2n) is 10.4. The first-order chi connectivity index (χ1) is 17.9. The van der Waals surface area contributed by atoms with Gasteiger partial charge in [0, 0.05) is 28.2 Å². The minimum Gasteiger partial charge on any atom is -0.325 e. The van der Waals surface area contributed by atoms with Gasteiger partial charge in [0.2, 0.25) is 5.91 Å². The van der Waals surface area contributed by atoms with Crippen molar-refractivity contribution in [1.29, 1.82) is 0 Å². The molecule has 1 aromatic heterocycles. The van der Waals surface area contributed by atoms with Gasteiger partial charge < -0.3 is 5.32 Å². The highest BCUT2D eigenvalue weighted by molar-refractivity contribution is 7.99. The van der Waals surface area contributed by atoms with Crippen LogP contribution in [-0.4, -0.2) is 21.2 Å². The van der Waals surface area contributed by atoms with Gasteiger partial charge >= 0.3 is 0 Å². The van der Waals surface area contributed by atoms with Gasteiger partial charge in [-0.1, -0.05) is 86.3 Å². The number of anilines is 1. The van der Waals surface area contributed by atoms with E-state index in [-0.39, 0.29) is 22.6 Å². The Kier molecular flexibility index (Phi) is 7.77. The Hall–Kier alpha value is -2.57. The SMILES string of the molecule is CCCCn1c(SCC(=O)Nc2cccc(Cl)c2C)nc2c(c1=O)C1(CCCCC1)Cc1ccccc1-2. The smallest absolute Gasteiger partial charge is 0.258 e. The molecule has 0 aliphatic heterocycles. The molecule has 0 saturated heterocycles. The summed E-state index contributed by atoms with van der Waals surface area (Å²) in [5, 5.41) is 4.20. The standard InChI is InChI=1S/C30H34ClN3O2S/c1-3-4-17-34-28(36)26-27(22-12-7-6-11-21(22)18-30(26)15-8-5-9-16-30)33-29(34)37-19-25(35)32-24-14-10-13-23(31)20(24)2/h6-7,10-14H,3-5,8-9,15-19H2,1-2H3,(H,32,35). The molecule has 1 spiro atoms. The Morgan fingerprint density at radius 2 is 1.92 bits per heavy atom. The van der Waals surface area contributed by atoms with Gasteiger partial charge in [-0.15, -0.1) is 0 Å². The molecule has 5 rings (SSSR count). The van der Waals surface area contributed by atoms with Crippen molar-refractivity contribution in [2.24, 2.45) is 0 Å². The van der Waals surface area contributed by atoms with Crippen molar-refractivity contribution in [3.63, 3.8) is 0 Å². The summed E-state index contributed by atoms with van der Waals surface area (Å²) in [7, 11) is 0. The molecule has 37 heavy (non-hydrogen) atoms. The van der Waals surface area contributed by atoms with Crippen molar-refractivity contribution in [3.8, 4) is 11.3 Å². The van der Waals surface area contributed by atoms with E-state index in [0.717, 1.165) is 67.3 Å². The van der Waals surface area contributed by atoms with E-state index in [0.29, 0.717) is 22.4 Å². The number of carbonyl (C=O) groups is 1. The molecule has 5 nitrogen and oxygen atoms in total. The minimum atomic E-state index is -0.145. The third-order valence-electron chi connectivity index (χ3n) is 7.89. The second-order valence-corrected chi connectivity index (χ2v) is 11.7. The monoisotopic (exact) mass is 535 g/mol. The van der Waals surface area contributed by atoms with Crippen LogP contribution in [0.15, 0.2) is 52.4 Å². The number of nitrogens with one attached hydrogen (secondary N) is 1. The Morgan fingerprint density at radius 3 is 2.70 bits per heavy atom. The highest BCUT2D eigenvalue weighted by Crippen LogP contribution is 2.48. The highest BCUT2D eigenvalue weighted by atomic mass is 35.5. The van der Waals surface area contributed by atoms with Crippen molar-refractivity contribution in [2.45, 2.75) is 82.3 Å². The van der Waals surface area contributed by atoms with E-state index in [4.69, 9.17) is 16.6 Å². The molecular formula is C30H34ClN3O2S. The lowest BCUT2D eigenvalue weighted by molar-refractivity contribution is -0.113. The van der Waals surface area contributed by atoms with Crippen LogP contribution in [0.5, 0.6) is 0 Å².